The molecule has 1 aliphatic rings. The van der Waals surface area contributed by atoms with Gasteiger partial charge in [-0.3, -0.25) is 4.79 Å². The predicted octanol–water partition coefficient (Wildman–Crippen LogP) is 1.88. The topological polar surface area (TPSA) is 78.9 Å². The molecule has 3 N–H and O–H groups in total. The number of likely N-dealkylation sites (tertiary alicyclic amines) is 1. The third kappa shape index (κ3) is 2.74. The lowest BCUT2D eigenvalue weighted by Crippen LogP contribution is -2.50. The van der Waals surface area contributed by atoms with Gasteiger partial charge >= 0.3 is 0 Å². The van der Waals surface area contributed by atoms with Crippen LogP contribution in [0.25, 0.3) is 0 Å². The van der Waals surface area contributed by atoms with E-state index in [1.165, 1.54) is 12.1 Å². The van der Waals surface area contributed by atoms with Gasteiger partial charge in [-0.2, -0.15) is 0 Å². The number of benzene rings is 1. The van der Waals surface area contributed by atoms with E-state index in [4.69, 9.17) is 10.9 Å². The Morgan fingerprint density at radius 3 is 2.95 bits per heavy atom. The van der Waals surface area contributed by atoms with Crippen LogP contribution in [0.4, 0.5) is 4.39 Å². The van der Waals surface area contributed by atoms with Crippen molar-refractivity contribution in [3.8, 4) is 0 Å². The molecule has 1 heterocycles. The van der Waals surface area contributed by atoms with Crippen molar-refractivity contribution in [3.63, 3.8) is 0 Å². The maximum Gasteiger partial charge on any atom is 0.254 e. The van der Waals surface area contributed by atoms with Crippen molar-refractivity contribution >= 4 is 11.7 Å². The van der Waals surface area contributed by atoms with Gasteiger partial charge in [-0.25, -0.2) is 4.39 Å². The van der Waals surface area contributed by atoms with Crippen molar-refractivity contribution in [2.75, 3.05) is 6.54 Å². The molecular formula is C14H18FN3O2. The van der Waals surface area contributed by atoms with Gasteiger partial charge in [0.05, 0.1) is 6.04 Å². The number of piperidine rings is 1. The number of aryl methyl sites for hydroxylation is 1. The second-order valence-corrected chi connectivity index (χ2v) is 4.99. The highest BCUT2D eigenvalue weighted by atomic mass is 19.1. The van der Waals surface area contributed by atoms with Gasteiger partial charge in [0.15, 0.2) is 5.84 Å². The number of carbonyl (C=O) groups is 1. The maximum absolute atomic E-state index is 13.3. The van der Waals surface area contributed by atoms with E-state index in [0.29, 0.717) is 24.1 Å². The number of hydrogen-bond donors (Lipinski definition) is 2. The zero-order valence-electron chi connectivity index (χ0n) is 11.3. The van der Waals surface area contributed by atoms with E-state index in [9.17, 15) is 9.18 Å². The first-order valence-electron chi connectivity index (χ1n) is 6.59. The molecule has 108 valence electrons. The summed E-state index contributed by atoms with van der Waals surface area (Å²) in [5.41, 5.74) is 6.68. The Kier molecular flexibility index (Phi) is 4.22. The first-order chi connectivity index (χ1) is 9.54. The Bertz CT molecular complexity index is 545. The van der Waals surface area contributed by atoms with E-state index in [1.807, 2.05) is 0 Å². The van der Waals surface area contributed by atoms with Crippen LogP contribution in [0, 0.1) is 12.7 Å². The molecule has 1 amide bonds. The monoisotopic (exact) mass is 279 g/mol. The van der Waals surface area contributed by atoms with Gasteiger partial charge in [-0.1, -0.05) is 11.2 Å². The summed E-state index contributed by atoms with van der Waals surface area (Å²) in [5, 5.41) is 11.8. The molecule has 0 bridgehead atoms. The van der Waals surface area contributed by atoms with Gasteiger partial charge in [-0.15, -0.1) is 0 Å². The van der Waals surface area contributed by atoms with Crippen LogP contribution in [0.3, 0.4) is 0 Å². The lowest BCUT2D eigenvalue weighted by atomic mass is 9.98. The first-order valence-corrected chi connectivity index (χ1v) is 6.59. The fraction of sp³-hybridized carbons (Fsp3) is 0.429. The fourth-order valence-corrected chi connectivity index (χ4v) is 2.53. The van der Waals surface area contributed by atoms with E-state index in [-0.39, 0.29) is 11.7 Å². The summed E-state index contributed by atoms with van der Waals surface area (Å²) in [5.74, 6) is -0.707. The highest BCUT2D eigenvalue weighted by Gasteiger charge is 2.31. The van der Waals surface area contributed by atoms with Crippen LogP contribution in [0.15, 0.2) is 23.4 Å². The average molecular weight is 279 g/mol. The predicted molar refractivity (Wildman–Crippen MR) is 73.2 cm³/mol. The minimum Gasteiger partial charge on any atom is -0.409 e. The summed E-state index contributed by atoms with van der Waals surface area (Å²) >= 11 is 0. The molecule has 6 heteroatoms. The van der Waals surface area contributed by atoms with Crippen LogP contribution in [-0.4, -0.2) is 34.4 Å². The molecular weight excluding hydrogens is 261 g/mol. The Morgan fingerprint density at radius 1 is 1.50 bits per heavy atom. The number of hydrogen-bond acceptors (Lipinski definition) is 3. The maximum atomic E-state index is 13.3. The zero-order valence-corrected chi connectivity index (χ0v) is 11.3. The number of nitrogens with zero attached hydrogens (tertiary/aromatic N) is 2. The van der Waals surface area contributed by atoms with E-state index >= 15 is 0 Å². The molecule has 0 radical (unpaired) electrons. The normalized spacial score (nSPS) is 20.0. The smallest absolute Gasteiger partial charge is 0.254 e. The summed E-state index contributed by atoms with van der Waals surface area (Å²) in [4.78, 5) is 14.1. The van der Waals surface area contributed by atoms with Crippen LogP contribution in [0.5, 0.6) is 0 Å². The van der Waals surface area contributed by atoms with Crippen LogP contribution in [-0.2, 0) is 0 Å². The van der Waals surface area contributed by atoms with Gasteiger partial charge < -0.3 is 15.8 Å². The molecule has 0 saturated carbocycles. The molecule has 1 aliphatic heterocycles. The van der Waals surface area contributed by atoms with Gasteiger partial charge in [0, 0.05) is 12.1 Å². The third-order valence-electron chi connectivity index (χ3n) is 3.65. The molecule has 1 saturated heterocycles. The fourth-order valence-electron chi connectivity index (χ4n) is 2.53. The van der Waals surface area contributed by atoms with Crippen molar-refractivity contribution in [1.29, 1.82) is 0 Å². The van der Waals surface area contributed by atoms with Crippen LogP contribution in [0.1, 0.15) is 35.2 Å². The number of rotatable bonds is 2. The Morgan fingerprint density at radius 2 is 2.25 bits per heavy atom. The molecule has 0 aromatic heterocycles. The summed E-state index contributed by atoms with van der Waals surface area (Å²) in [7, 11) is 0. The summed E-state index contributed by atoms with van der Waals surface area (Å²) in [6.45, 7) is 2.28. The first kappa shape index (κ1) is 14.3. The molecule has 1 aromatic carbocycles. The SMILES string of the molecule is Cc1ccc(F)cc1C(=O)N1CCCCC1C(N)=NO. The van der Waals surface area contributed by atoms with Gasteiger partial charge in [0.2, 0.25) is 0 Å². The highest BCUT2D eigenvalue weighted by molar-refractivity contribution is 5.99. The molecule has 2 rings (SSSR count). The van der Waals surface area contributed by atoms with E-state index in [0.717, 1.165) is 12.8 Å². The lowest BCUT2D eigenvalue weighted by molar-refractivity contribution is 0.0675. The van der Waals surface area contributed by atoms with E-state index in [1.54, 1.807) is 17.9 Å². The summed E-state index contributed by atoms with van der Waals surface area (Å²) in [6.07, 6.45) is 2.41. The van der Waals surface area contributed by atoms with E-state index < -0.39 is 11.9 Å². The number of nitrogens with two attached hydrogens (primary N) is 1. The second kappa shape index (κ2) is 5.90. The molecule has 1 aromatic rings. The quantitative estimate of drug-likeness (QED) is 0.375. The van der Waals surface area contributed by atoms with Crippen molar-refractivity contribution < 1.29 is 14.4 Å². The molecule has 1 atom stereocenters. The van der Waals surface area contributed by atoms with Crippen molar-refractivity contribution in [1.82, 2.24) is 4.90 Å². The molecule has 0 aliphatic carbocycles. The van der Waals surface area contributed by atoms with Crippen LogP contribution >= 0.6 is 0 Å². The standard InChI is InChI=1S/C14H18FN3O2/c1-9-5-6-10(15)8-11(9)14(19)18-7-3-2-4-12(18)13(16)17-20/h5-6,8,12,20H,2-4,7H2,1H3,(H2,16,17). The Balaban J connectivity index is 2.32. The molecule has 20 heavy (non-hydrogen) atoms. The highest BCUT2D eigenvalue weighted by Crippen LogP contribution is 2.21. The molecule has 5 nitrogen and oxygen atoms in total. The van der Waals surface area contributed by atoms with Gasteiger partial charge in [-0.05, 0) is 43.9 Å². The Labute approximate surface area is 116 Å². The molecule has 1 fully saturated rings. The number of amides is 1. The number of carbonyl (C=O) groups excluding carboxylic acids is 1. The molecule has 0 spiro atoms. The van der Waals surface area contributed by atoms with Crippen LogP contribution in [0.2, 0.25) is 0 Å². The average Bonchev–Trinajstić information content (AvgIpc) is 2.48. The lowest BCUT2D eigenvalue weighted by Gasteiger charge is -2.35. The minimum absolute atomic E-state index is 0.0205. The largest absolute Gasteiger partial charge is 0.409 e. The van der Waals surface area contributed by atoms with Crippen LogP contribution < -0.4 is 5.73 Å². The van der Waals surface area contributed by atoms with E-state index in [2.05, 4.69) is 5.16 Å². The summed E-state index contributed by atoms with van der Waals surface area (Å²) in [6, 6.07) is 3.70. The van der Waals surface area contributed by atoms with Gasteiger partial charge in [0.1, 0.15) is 5.82 Å². The number of halogens is 1. The summed E-state index contributed by atoms with van der Waals surface area (Å²) < 4.78 is 13.3. The molecule has 1 unspecified atom stereocenters. The van der Waals surface area contributed by atoms with Crippen molar-refractivity contribution in [2.45, 2.75) is 32.2 Å². The minimum atomic E-state index is -0.448. The van der Waals surface area contributed by atoms with Gasteiger partial charge in [0.25, 0.3) is 5.91 Å². The van der Waals surface area contributed by atoms with Crippen molar-refractivity contribution in [3.05, 3.63) is 35.1 Å². The number of oxime groups is 1. The Hall–Kier alpha value is -2.11. The number of amidine groups is 1. The van der Waals surface area contributed by atoms with Crippen molar-refractivity contribution in [2.24, 2.45) is 10.9 Å². The second-order valence-electron chi connectivity index (χ2n) is 4.99. The third-order valence-corrected chi connectivity index (χ3v) is 3.65. The zero-order chi connectivity index (χ0) is 14.7.